The van der Waals surface area contributed by atoms with Crippen LogP contribution in [0.15, 0.2) is 0 Å². The molecule has 0 saturated carbocycles. The van der Waals surface area contributed by atoms with Gasteiger partial charge in [-0.3, -0.25) is 4.79 Å². The molecule has 2 nitrogen and oxygen atoms in total. The van der Waals surface area contributed by atoms with Crippen molar-refractivity contribution in [3.63, 3.8) is 0 Å². The van der Waals surface area contributed by atoms with Crippen LogP contribution in [0.3, 0.4) is 0 Å². The van der Waals surface area contributed by atoms with Gasteiger partial charge in [0.1, 0.15) is 0 Å². The Balaban J connectivity index is 4.04. The van der Waals surface area contributed by atoms with Crippen LogP contribution in [-0.4, -0.2) is 10.8 Å². The van der Waals surface area contributed by atoms with E-state index in [1.54, 1.807) is 0 Å². The monoisotopic (exact) mass is 187 g/mol. The molecule has 0 saturated heterocycles. The van der Waals surface area contributed by atoms with Crippen LogP contribution in [0.25, 0.3) is 0 Å². The molecule has 12 heavy (non-hydrogen) atoms. The van der Waals surface area contributed by atoms with E-state index in [2.05, 4.69) is 13.8 Å². The maximum absolute atomic E-state index is 10.7. The fraction of sp³-hybridized carbons (Fsp3) is 0.778. The molecule has 70 valence electrons. The molecule has 0 aromatic carbocycles. The summed E-state index contributed by atoms with van der Waals surface area (Å²) < 4.78 is 0. The van der Waals surface area contributed by atoms with E-state index in [1.165, 1.54) is 0 Å². The molecule has 0 aliphatic heterocycles. The summed E-state index contributed by atoms with van der Waals surface area (Å²) in [5.41, 5.74) is 5.11. The fourth-order valence-electron chi connectivity index (χ4n) is 1.20. The first kappa shape index (κ1) is 11.6. The van der Waals surface area contributed by atoms with E-state index >= 15 is 0 Å². The molecule has 0 fully saturated rings. The van der Waals surface area contributed by atoms with Gasteiger partial charge in [-0.2, -0.15) is 0 Å². The summed E-state index contributed by atoms with van der Waals surface area (Å²) in [5.74, 6) is 0.495. The average Bonchev–Trinajstić information content (AvgIpc) is 1.83. The SMILES string of the molecule is CC(=S)C(CC(N)=O)CC(C)C. The second kappa shape index (κ2) is 5.25. The summed E-state index contributed by atoms with van der Waals surface area (Å²) in [7, 11) is 0. The van der Waals surface area contributed by atoms with Crippen molar-refractivity contribution >= 4 is 23.0 Å². The number of amides is 1. The lowest BCUT2D eigenvalue weighted by atomic mass is 9.92. The van der Waals surface area contributed by atoms with Gasteiger partial charge >= 0.3 is 0 Å². The molecule has 0 aromatic rings. The van der Waals surface area contributed by atoms with Crippen LogP contribution in [0, 0.1) is 11.8 Å². The van der Waals surface area contributed by atoms with Gasteiger partial charge in [-0.1, -0.05) is 26.1 Å². The number of rotatable bonds is 5. The first-order valence-electron chi connectivity index (χ1n) is 4.22. The second-order valence-electron chi connectivity index (χ2n) is 3.61. The molecular formula is C9H17NOS. The van der Waals surface area contributed by atoms with E-state index in [9.17, 15) is 4.79 Å². The maximum Gasteiger partial charge on any atom is 0.218 e. The lowest BCUT2D eigenvalue weighted by Gasteiger charge is -2.15. The predicted octanol–water partition coefficient (Wildman–Crippen LogP) is 1.91. The average molecular weight is 187 g/mol. The predicted molar refractivity (Wildman–Crippen MR) is 55.0 cm³/mol. The number of nitrogens with two attached hydrogens (primary N) is 1. The van der Waals surface area contributed by atoms with Crippen molar-refractivity contribution in [3.05, 3.63) is 0 Å². The van der Waals surface area contributed by atoms with Crippen LogP contribution in [0.5, 0.6) is 0 Å². The molecule has 0 spiro atoms. The van der Waals surface area contributed by atoms with E-state index in [4.69, 9.17) is 18.0 Å². The van der Waals surface area contributed by atoms with Crippen molar-refractivity contribution in [1.82, 2.24) is 0 Å². The molecule has 1 amide bonds. The van der Waals surface area contributed by atoms with E-state index in [1.807, 2.05) is 6.92 Å². The molecule has 0 rings (SSSR count). The first-order valence-corrected chi connectivity index (χ1v) is 4.63. The minimum absolute atomic E-state index is 0.192. The van der Waals surface area contributed by atoms with Crippen molar-refractivity contribution in [2.45, 2.75) is 33.6 Å². The highest BCUT2D eigenvalue weighted by atomic mass is 32.1. The molecule has 0 aliphatic rings. The van der Waals surface area contributed by atoms with E-state index in [0.717, 1.165) is 11.3 Å². The highest BCUT2D eigenvalue weighted by Gasteiger charge is 2.15. The summed E-state index contributed by atoms with van der Waals surface area (Å²) in [6.45, 7) is 6.11. The Morgan fingerprint density at radius 2 is 2.00 bits per heavy atom. The van der Waals surface area contributed by atoms with Gasteiger partial charge in [-0.25, -0.2) is 0 Å². The molecule has 0 aliphatic carbocycles. The van der Waals surface area contributed by atoms with Crippen LogP contribution in [0.2, 0.25) is 0 Å². The third-order valence-electron chi connectivity index (χ3n) is 1.78. The Hall–Kier alpha value is -0.440. The largest absolute Gasteiger partial charge is 0.370 e. The fourth-order valence-corrected chi connectivity index (χ4v) is 1.38. The van der Waals surface area contributed by atoms with Crippen LogP contribution >= 0.6 is 12.2 Å². The summed E-state index contributed by atoms with van der Waals surface area (Å²) in [6, 6.07) is 0. The molecule has 1 atom stereocenters. The highest BCUT2D eigenvalue weighted by Crippen LogP contribution is 2.16. The maximum atomic E-state index is 10.7. The minimum atomic E-state index is -0.259. The Morgan fingerprint density at radius 1 is 1.50 bits per heavy atom. The normalized spacial score (nSPS) is 13.0. The number of hydrogen-bond acceptors (Lipinski definition) is 2. The molecule has 0 heterocycles. The summed E-state index contributed by atoms with van der Waals surface area (Å²) in [6.07, 6.45) is 1.35. The van der Waals surface area contributed by atoms with Crippen LogP contribution in [0.1, 0.15) is 33.6 Å². The lowest BCUT2D eigenvalue weighted by molar-refractivity contribution is -0.118. The number of carbonyl (C=O) groups excluding carboxylic acids is 1. The van der Waals surface area contributed by atoms with Gasteiger partial charge in [0.15, 0.2) is 0 Å². The molecular weight excluding hydrogens is 170 g/mol. The number of carbonyl (C=O) groups is 1. The quantitative estimate of drug-likeness (QED) is 0.668. The Morgan fingerprint density at radius 3 is 2.25 bits per heavy atom. The molecule has 3 heteroatoms. The summed E-state index contributed by atoms with van der Waals surface area (Å²) in [5, 5.41) is 0. The first-order chi connectivity index (χ1) is 5.43. The zero-order valence-electron chi connectivity index (χ0n) is 7.96. The van der Waals surface area contributed by atoms with Crippen molar-refractivity contribution < 1.29 is 4.79 Å². The van der Waals surface area contributed by atoms with Crippen molar-refractivity contribution in [1.29, 1.82) is 0 Å². The lowest BCUT2D eigenvalue weighted by Crippen LogP contribution is -2.21. The van der Waals surface area contributed by atoms with E-state index in [0.29, 0.717) is 12.3 Å². The van der Waals surface area contributed by atoms with E-state index in [-0.39, 0.29) is 11.8 Å². The van der Waals surface area contributed by atoms with Gasteiger partial charge < -0.3 is 5.73 Å². The van der Waals surface area contributed by atoms with Crippen LogP contribution < -0.4 is 5.73 Å². The molecule has 0 radical (unpaired) electrons. The Labute approximate surface area is 79.5 Å². The van der Waals surface area contributed by atoms with Gasteiger partial charge in [0.25, 0.3) is 0 Å². The van der Waals surface area contributed by atoms with Gasteiger partial charge in [0, 0.05) is 6.42 Å². The van der Waals surface area contributed by atoms with Gasteiger partial charge in [0.05, 0.1) is 0 Å². The molecule has 0 aromatic heterocycles. The van der Waals surface area contributed by atoms with E-state index < -0.39 is 0 Å². The standard InChI is InChI=1S/C9H17NOS/c1-6(2)4-8(7(3)12)5-9(10)11/h6,8H,4-5H2,1-3H3,(H2,10,11). The third-order valence-corrected chi connectivity index (χ3v) is 2.11. The molecule has 1 unspecified atom stereocenters. The Kier molecular flexibility index (Phi) is 5.06. The van der Waals surface area contributed by atoms with Crippen molar-refractivity contribution in [2.24, 2.45) is 17.6 Å². The molecule has 0 bridgehead atoms. The zero-order valence-corrected chi connectivity index (χ0v) is 8.78. The highest BCUT2D eigenvalue weighted by molar-refractivity contribution is 7.80. The number of hydrogen-bond donors (Lipinski definition) is 1. The van der Waals surface area contributed by atoms with Crippen LogP contribution in [-0.2, 0) is 4.79 Å². The van der Waals surface area contributed by atoms with Gasteiger partial charge in [-0.05, 0) is 30.0 Å². The second-order valence-corrected chi connectivity index (χ2v) is 4.25. The Bertz CT molecular complexity index is 177. The third kappa shape index (κ3) is 5.24. The van der Waals surface area contributed by atoms with Crippen molar-refractivity contribution in [3.8, 4) is 0 Å². The smallest absolute Gasteiger partial charge is 0.218 e. The minimum Gasteiger partial charge on any atom is -0.370 e. The van der Waals surface area contributed by atoms with Crippen molar-refractivity contribution in [2.75, 3.05) is 0 Å². The topological polar surface area (TPSA) is 43.1 Å². The van der Waals surface area contributed by atoms with Crippen LogP contribution in [0.4, 0.5) is 0 Å². The molecule has 2 N–H and O–H groups in total. The summed E-state index contributed by atoms with van der Waals surface area (Å²) >= 11 is 5.05. The number of thiocarbonyl (C=S) groups is 1. The van der Waals surface area contributed by atoms with Gasteiger partial charge in [-0.15, -0.1) is 0 Å². The zero-order chi connectivity index (χ0) is 9.72. The van der Waals surface area contributed by atoms with Gasteiger partial charge in [0.2, 0.25) is 5.91 Å². The number of primary amides is 1. The summed E-state index contributed by atoms with van der Waals surface area (Å²) in [4.78, 5) is 11.5.